The Morgan fingerprint density at radius 3 is 1.25 bits per heavy atom. The van der Waals surface area contributed by atoms with E-state index in [0.29, 0.717) is 12.2 Å². The molecule has 5 aliphatic heterocycles. The number of hydrogen-bond donors (Lipinski definition) is 1. The Balaban J connectivity index is 0.000000179. The molecule has 5 fully saturated rings. The Labute approximate surface area is 387 Å². The number of nitrogens with one attached hydrogen (secondary N) is 1. The highest BCUT2D eigenvalue weighted by Gasteiger charge is 2.51. The second-order valence-corrected chi connectivity index (χ2v) is 20.3. The quantitative estimate of drug-likeness (QED) is 0.257. The van der Waals surface area contributed by atoms with Crippen molar-refractivity contribution in [2.24, 2.45) is 0 Å². The van der Waals surface area contributed by atoms with Crippen LogP contribution in [0.5, 0.6) is 0 Å². The minimum absolute atomic E-state index is 0.187. The van der Waals surface area contributed by atoms with Crippen LogP contribution in [0.15, 0.2) is 86.2 Å². The summed E-state index contributed by atoms with van der Waals surface area (Å²) in [4.78, 5) is 4.72. The number of nitrogens with zero attached hydrogens (tertiary/aromatic N) is 2. The molecule has 3 aromatic rings. The summed E-state index contributed by atoms with van der Waals surface area (Å²) < 4.78 is 42.3. The van der Waals surface area contributed by atoms with Crippen molar-refractivity contribution in [2.45, 2.75) is 117 Å². The van der Waals surface area contributed by atoms with Crippen LogP contribution in [-0.2, 0) is 32.8 Å². The van der Waals surface area contributed by atoms with E-state index in [1.165, 1.54) is 19.1 Å². The van der Waals surface area contributed by atoms with Gasteiger partial charge in [-0.25, -0.2) is 0 Å². The van der Waals surface area contributed by atoms with E-state index in [9.17, 15) is 0 Å². The molecule has 0 aromatic heterocycles. The monoisotopic (exact) mass is 1020 g/mol. The molecule has 0 saturated carbocycles. The van der Waals surface area contributed by atoms with Crippen LogP contribution in [0.25, 0.3) is 0 Å². The van der Waals surface area contributed by atoms with E-state index >= 15 is 0 Å². The lowest BCUT2D eigenvalue weighted by atomic mass is 9.79. The van der Waals surface area contributed by atoms with Crippen molar-refractivity contribution in [1.82, 2.24) is 5.32 Å². The van der Waals surface area contributed by atoms with Crippen LogP contribution in [0.3, 0.4) is 0 Å². The van der Waals surface area contributed by atoms with Crippen LogP contribution in [0, 0.1) is 0 Å². The standard InChI is InChI=1S/C17H26BNO3.C11H14BrNO.C6H12BO2.C6H4Br2.C5H11NO/c1-13-12-19(10-11-20-13)15-8-6-14(7-9-15)18-21-16(2,3)17(4,5)22-18;1-9-8-13(6-7-14-9)11-4-2-10(12)3-5-11;1-5(2)6(3,4)9-7-8-5;7-5-1-2-6(8)4-3-5;1-5-4-6-2-3-7-5/h6-9,13H,10-12H2,1-5H3;2-5,9H,6-8H2,1H3;1-4H3;1-4H;5-6H,2-4H2,1H3. The molecule has 5 saturated heterocycles. The number of benzene rings is 3. The van der Waals surface area contributed by atoms with E-state index in [0.717, 1.165) is 78.0 Å². The van der Waals surface area contributed by atoms with Crippen LogP contribution < -0.4 is 20.6 Å². The summed E-state index contributed by atoms with van der Waals surface area (Å²) in [5, 5.41) is 3.21. The number of rotatable bonds is 3. The summed E-state index contributed by atoms with van der Waals surface area (Å²) in [5.74, 6) is 0. The smallest absolute Gasteiger partial charge is 0.405 e. The van der Waals surface area contributed by atoms with Gasteiger partial charge in [-0.05, 0) is 142 Å². The van der Waals surface area contributed by atoms with Gasteiger partial charge in [0, 0.05) is 64.1 Å². The van der Waals surface area contributed by atoms with Gasteiger partial charge in [0.05, 0.1) is 60.5 Å². The molecular weight excluding hydrogens is 956 g/mol. The van der Waals surface area contributed by atoms with Gasteiger partial charge in [0.2, 0.25) is 0 Å². The first-order chi connectivity index (χ1) is 28.2. The SMILES string of the molecule is Brc1ccc(Br)cc1.CC1(C)O[B]OC1(C)C.CC1CN(c2ccc(B3OC(C)(C)C(C)(C)O3)cc2)CCO1.CC1CN(c2ccc(Br)cc2)CCO1.CC1CNCCO1. The number of hydrogen-bond acceptors (Lipinski definition) is 10. The van der Waals surface area contributed by atoms with Crippen molar-refractivity contribution in [3.8, 4) is 0 Å². The van der Waals surface area contributed by atoms with E-state index in [1.54, 1.807) is 0 Å². The molecule has 3 unspecified atom stereocenters. The van der Waals surface area contributed by atoms with Gasteiger partial charge in [-0.2, -0.15) is 0 Å². The lowest BCUT2D eigenvalue weighted by molar-refractivity contribution is 0.00578. The molecule has 8 rings (SSSR count). The van der Waals surface area contributed by atoms with E-state index in [1.807, 2.05) is 52.0 Å². The first-order valence-electron chi connectivity index (χ1n) is 21.0. The number of halogens is 3. The fraction of sp³-hybridized carbons (Fsp3) is 0.600. The molecule has 60 heavy (non-hydrogen) atoms. The van der Waals surface area contributed by atoms with Gasteiger partial charge in [-0.1, -0.05) is 59.9 Å². The number of ether oxygens (including phenoxy) is 3. The normalized spacial score (nSPS) is 24.8. The fourth-order valence-corrected chi connectivity index (χ4v) is 7.05. The van der Waals surface area contributed by atoms with Crippen LogP contribution in [-0.4, -0.2) is 115 Å². The number of morpholine rings is 3. The summed E-state index contributed by atoms with van der Waals surface area (Å²) >= 11 is 10.1. The molecule has 3 atom stereocenters. The van der Waals surface area contributed by atoms with E-state index in [-0.39, 0.29) is 35.6 Å². The second kappa shape index (κ2) is 23.4. The third-order valence-electron chi connectivity index (χ3n) is 11.5. The van der Waals surface area contributed by atoms with Gasteiger partial charge >= 0.3 is 14.8 Å². The first-order valence-corrected chi connectivity index (χ1v) is 23.4. The zero-order valence-electron chi connectivity index (χ0n) is 37.6. The first kappa shape index (κ1) is 51.1. The Hall–Kier alpha value is -1.49. The third-order valence-corrected chi connectivity index (χ3v) is 13.1. The number of anilines is 2. The minimum atomic E-state index is -0.296. The van der Waals surface area contributed by atoms with Gasteiger partial charge in [0.1, 0.15) is 0 Å². The van der Waals surface area contributed by atoms with Gasteiger partial charge in [-0.15, -0.1) is 0 Å². The van der Waals surface area contributed by atoms with Crippen molar-refractivity contribution in [2.75, 3.05) is 68.9 Å². The van der Waals surface area contributed by atoms with Crippen LogP contribution in [0.1, 0.15) is 76.2 Å². The summed E-state index contributed by atoms with van der Waals surface area (Å²) in [6.07, 6.45) is 1.05. The van der Waals surface area contributed by atoms with Gasteiger partial charge in [0.25, 0.3) is 0 Å². The lowest BCUT2D eigenvalue weighted by Gasteiger charge is -2.33. The van der Waals surface area contributed by atoms with Gasteiger partial charge in [0.15, 0.2) is 0 Å². The predicted octanol–water partition coefficient (Wildman–Crippen LogP) is 9.22. The van der Waals surface area contributed by atoms with Crippen molar-refractivity contribution < 1.29 is 32.8 Å². The molecule has 0 amide bonds. The molecule has 0 bridgehead atoms. The predicted molar refractivity (Wildman–Crippen MR) is 258 cm³/mol. The average Bonchev–Trinajstić information content (AvgIpc) is 3.59. The highest BCUT2D eigenvalue weighted by molar-refractivity contribution is 9.11. The summed E-state index contributed by atoms with van der Waals surface area (Å²) in [7, 11) is 1.13. The highest BCUT2D eigenvalue weighted by atomic mass is 79.9. The zero-order valence-corrected chi connectivity index (χ0v) is 42.3. The summed E-state index contributed by atoms with van der Waals surface area (Å²) in [5.41, 5.74) is 2.62. The lowest BCUT2D eigenvalue weighted by Crippen LogP contribution is -2.41. The Bertz CT molecular complexity index is 1650. The second-order valence-electron chi connectivity index (χ2n) is 17.6. The summed E-state index contributed by atoms with van der Waals surface area (Å²) in [6.45, 7) is 31.1. The van der Waals surface area contributed by atoms with Crippen LogP contribution in [0.2, 0.25) is 0 Å². The summed E-state index contributed by atoms with van der Waals surface area (Å²) in [6, 6.07) is 24.9. The van der Waals surface area contributed by atoms with Crippen molar-refractivity contribution >= 4 is 79.4 Å². The molecule has 5 heterocycles. The Kier molecular flexibility index (Phi) is 20.0. The van der Waals surface area contributed by atoms with E-state index in [2.05, 4.69) is 160 Å². The minimum Gasteiger partial charge on any atom is -0.405 e. The maximum atomic E-state index is 6.10. The molecule has 0 aliphatic carbocycles. The third kappa shape index (κ3) is 15.9. The van der Waals surface area contributed by atoms with Crippen LogP contribution >= 0.6 is 47.8 Å². The highest BCUT2D eigenvalue weighted by Crippen LogP contribution is 2.37. The molecule has 0 spiro atoms. The molecule has 10 nitrogen and oxygen atoms in total. The largest absolute Gasteiger partial charge is 0.494 e. The molecule has 1 N–H and O–H groups in total. The molecule has 1 radical (unpaired) electrons. The van der Waals surface area contributed by atoms with Crippen LogP contribution in [0.4, 0.5) is 11.4 Å². The van der Waals surface area contributed by atoms with E-state index < -0.39 is 0 Å². The van der Waals surface area contributed by atoms with Crippen molar-refractivity contribution in [3.63, 3.8) is 0 Å². The van der Waals surface area contributed by atoms with E-state index in [4.69, 9.17) is 32.8 Å². The topological polar surface area (TPSA) is 83.1 Å². The molecular formula is C45H67B2Br3N3O7. The Morgan fingerprint density at radius 2 is 0.933 bits per heavy atom. The maximum Gasteiger partial charge on any atom is 0.494 e. The maximum absolute atomic E-state index is 6.10. The van der Waals surface area contributed by atoms with Gasteiger partial charge < -0.3 is 47.9 Å². The van der Waals surface area contributed by atoms with Crippen molar-refractivity contribution in [1.29, 1.82) is 0 Å². The average molecular weight is 1020 g/mol. The fourth-order valence-electron chi connectivity index (χ4n) is 6.25. The molecule has 15 heteroatoms. The Morgan fingerprint density at radius 1 is 0.550 bits per heavy atom. The van der Waals surface area contributed by atoms with Crippen molar-refractivity contribution in [3.05, 3.63) is 86.2 Å². The zero-order chi connectivity index (χ0) is 44.1. The molecule has 5 aliphatic rings. The molecule has 331 valence electrons. The molecule has 3 aromatic carbocycles. The van der Waals surface area contributed by atoms with Gasteiger partial charge in [-0.3, -0.25) is 0 Å².